The van der Waals surface area contributed by atoms with Gasteiger partial charge in [0.05, 0.1) is 19.8 Å². The molecular formula is C17H29IN4O2. The van der Waals surface area contributed by atoms with Crippen LogP contribution < -0.4 is 15.8 Å². The summed E-state index contributed by atoms with van der Waals surface area (Å²) in [5.41, 5.74) is 7.07. The first-order valence-electron chi connectivity index (χ1n) is 8.27. The molecule has 1 saturated heterocycles. The molecule has 0 aliphatic carbocycles. The quantitative estimate of drug-likeness (QED) is 0.274. The highest BCUT2D eigenvalue weighted by Crippen LogP contribution is 2.10. The molecule has 136 valence electrons. The summed E-state index contributed by atoms with van der Waals surface area (Å²) in [5.74, 6) is 1.36. The van der Waals surface area contributed by atoms with Crippen LogP contribution >= 0.6 is 24.0 Å². The van der Waals surface area contributed by atoms with Gasteiger partial charge in [-0.05, 0) is 25.5 Å². The van der Waals surface area contributed by atoms with Crippen molar-refractivity contribution in [1.29, 1.82) is 0 Å². The van der Waals surface area contributed by atoms with Crippen molar-refractivity contribution in [2.45, 2.75) is 13.3 Å². The van der Waals surface area contributed by atoms with Crippen LogP contribution in [0.4, 0.5) is 0 Å². The van der Waals surface area contributed by atoms with E-state index < -0.39 is 0 Å². The number of halogens is 1. The Kier molecular flexibility index (Phi) is 10.8. The molecule has 1 aromatic carbocycles. The van der Waals surface area contributed by atoms with E-state index in [2.05, 4.69) is 22.1 Å². The zero-order valence-electron chi connectivity index (χ0n) is 14.4. The summed E-state index contributed by atoms with van der Waals surface area (Å²) in [6, 6.07) is 8.01. The molecule has 2 rings (SSSR count). The lowest BCUT2D eigenvalue weighted by molar-refractivity contribution is 0.0377. The monoisotopic (exact) mass is 448 g/mol. The summed E-state index contributed by atoms with van der Waals surface area (Å²) < 4.78 is 11.0. The van der Waals surface area contributed by atoms with Crippen LogP contribution in [0.25, 0.3) is 0 Å². The summed E-state index contributed by atoms with van der Waals surface area (Å²) in [4.78, 5) is 6.74. The van der Waals surface area contributed by atoms with Gasteiger partial charge in [0.2, 0.25) is 0 Å². The van der Waals surface area contributed by atoms with Gasteiger partial charge in [0.15, 0.2) is 5.96 Å². The Morgan fingerprint density at radius 1 is 1.29 bits per heavy atom. The molecule has 3 N–H and O–H groups in total. The first-order chi connectivity index (χ1) is 11.2. The standard InChI is InChI=1S/C17H28N4O2.HI/c1-15-3-5-16(6-4-15)23-12-8-20-17(18)19-7-2-9-21-10-13-22-14-11-21;/h3-6H,2,7-14H2,1H3,(H3,18,19,20);1H. The van der Waals surface area contributed by atoms with E-state index in [9.17, 15) is 0 Å². The van der Waals surface area contributed by atoms with Crippen LogP contribution in [-0.4, -0.2) is 63.4 Å². The van der Waals surface area contributed by atoms with Gasteiger partial charge in [0.25, 0.3) is 0 Å². The number of ether oxygens (including phenoxy) is 2. The van der Waals surface area contributed by atoms with E-state index in [0.29, 0.717) is 19.1 Å². The van der Waals surface area contributed by atoms with Gasteiger partial charge < -0.3 is 20.5 Å². The van der Waals surface area contributed by atoms with Crippen molar-refractivity contribution in [2.24, 2.45) is 10.7 Å². The molecule has 1 fully saturated rings. The topological polar surface area (TPSA) is 72.1 Å². The number of nitrogens with two attached hydrogens (primary N) is 1. The molecule has 1 aliphatic rings. The first-order valence-corrected chi connectivity index (χ1v) is 8.27. The summed E-state index contributed by atoms with van der Waals surface area (Å²) in [7, 11) is 0. The highest BCUT2D eigenvalue weighted by Gasteiger charge is 2.08. The van der Waals surface area contributed by atoms with Crippen LogP contribution in [0.2, 0.25) is 0 Å². The number of rotatable bonds is 8. The van der Waals surface area contributed by atoms with Crippen LogP contribution in [0.5, 0.6) is 5.75 Å². The highest BCUT2D eigenvalue weighted by atomic mass is 127. The van der Waals surface area contributed by atoms with E-state index in [1.165, 1.54) is 5.56 Å². The lowest BCUT2D eigenvalue weighted by Gasteiger charge is -2.26. The SMILES string of the molecule is Cc1ccc(OCCNC(N)=NCCCN2CCOCC2)cc1.I. The van der Waals surface area contributed by atoms with Gasteiger partial charge >= 0.3 is 0 Å². The average molecular weight is 448 g/mol. The summed E-state index contributed by atoms with van der Waals surface area (Å²) in [5, 5.41) is 3.07. The molecule has 0 atom stereocenters. The van der Waals surface area contributed by atoms with E-state index in [4.69, 9.17) is 15.2 Å². The molecule has 0 saturated carbocycles. The Morgan fingerprint density at radius 2 is 2.00 bits per heavy atom. The molecule has 0 aromatic heterocycles. The number of aliphatic imine (C=N–C) groups is 1. The molecular weight excluding hydrogens is 419 g/mol. The minimum Gasteiger partial charge on any atom is -0.492 e. The Hall–Kier alpha value is -1.06. The van der Waals surface area contributed by atoms with E-state index in [1.807, 2.05) is 24.3 Å². The number of nitrogens with one attached hydrogen (secondary N) is 1. The molecule has 1 heterocycles. The Bertz CT molecular complexity index is 476. The van der Waals surface area contributed by atoms with Crippen molar-refractivity contribution in [3.63, 3.8) is 0 Å². The van der Waals surface area contributed by atoms with E-state index >= 15 is 0 Å². The third-order valence-corrected chi connectivity index (χ3v) is 3.72. The van der Waals surface area contributed by atoms with Gasteiger partial charge in [-0.25, -0.2) is 0 Å². The number of morpholine rings is 1. The molecule has 0 spiro atoms. The molecule has 1 aliphatic heterocycles. The largest absolute Gasteiger partial charge is 0.492 e. The molecule has 0 bridgehead atoms. The van der Waals surface area contributed by atoms with Crippen LogP contribution in [0.3, 0.4) is 0 Å². The van der Waals surface area contributed by atoms with E-state index in [0.717, 1.165) is 51.6 Å². The lowest BCUT2D eigenvalue weighted by Crippen LogP contribution is -2.37. The van der Waals surface area contributed by atoms with E-state index in [-0.39, 0.29) is 24.0 Å². The van der Waals surface area contributed by atoms with Gasteiger partial charge in [-0.15, -0.1) is 24.0 Å². The second-order valence-corrected chi connectivity index (χ2v) is 5.66. The van der Waals surface area contributed by atoms with Crippen molar-refractivity contribution in [1.82, 2.24) is 10.2 Å². The van der Waals surface area contributed by atoms with Crippen LogP contribution in [0.1, 0.15) is 12.0 Å². The minimum absolute atomic E-state index is 0. The van der Waals surface area contributed by atoms with E-state index in [1.54, 1.807) is 0 Å². The molecule has 0 amide bonds. The Labute approximate surface area is 161 Å². The lowest BCUT2D eigenvalue weighted by atomic mass is 10.2. The third kappa shape index (κ3) is 8.70. The maximum absolute atomic E-state index is 5.84. The molecule has 6 nitrogen and oxygen atoms in total. The zero-order chi connectivity index (χ0) is 16.3. The fraction of sp³-hybridized carbons (Fsp3) is 0.588. The normalized spacial score (nSPS) is 15.6. The number of nitrogens with zero attached hydrogens (tertiary/aromatic N) is 2. The second-order valence-electron chi connectivity index (χ2n) is 5.66. The van der Waals surface area contributed by atoms with Crippen LogP contribution in [-0.2, 0) is 4.74 Å². The van der Waals surface area contributed by atoms with Crippen molar-refractivity contribution in [3.05, 3.63) is 29.8 Å². The van der Waals surface area contributed by atoms with Crippen LogP contribution in [0.15, 0.2) is 29.3 Å². The van der Waals surface area contributed by atoms with Crippen molar-refractivity contribution >= 4 is 29.9 Å². The van der Waals surface area contributed by atoms with Crippen molar-refractivity contribution < 1.29 is 9.47 Å². The van der Waals surface area contributed by atoms with Gasteiger partial charge in [-0.3, -0.25) is 9.89 Å². The third-order valence-electron chi connectivity index (χ3n) is 3.72. The van der Waals surface area contributed by atoms with Crippen molar-refractivity contribution in [2.75, 3.05) is 52.5 Å². The predicted molar refractivity (Wildman–Crippen MR) is 108 cm³/mol. The Morgan fingerprint density at radius 3 is 2.71 bits per heavy atom. The Balaban J connectivity index is 0.00000288. The number of hydrogen-bond acceptors (Lipinski definition) is 4. The average Bonchev–Trinajstić information content (AvgIpc) is 2.58. The van der Waals surface area contributed by atoms with Gasteiger partial charge in [-0.2, -0.15) is 0 Å². The second kappa shape index (κ2) is 12.3. The highest BCUT2D eigenvalue weighted by molar-refractivity contribution is 14.0. The number of benzene rings is 1. The fourth-order valence-corrected chi connectivity index (χ4v) is 2.36. The molecule has 0 radical (unpaired) electrons. The van der Waals surface area contributed by atoms with Crippen molar-refractivity contribution in [3.8, 4) is 5.75 Å². The molecule has 7 heteroatoms. The number of aryl methyl sites for hydroxylation is 1. The fourth-order valence-electron chi connectivity index (χ4n) is 2.36. The summed E-state index contributed by atoms with van der Waals surface area (Å²) in [6.45, 7) is 8.79. The predicted octanol–water partition coefficient (Wildman–Crippen LogP) is 1.62. The number of hydrogen-bond donors (Lipinski definition) is 2. The summed E-state index contributed by atoms with van der Waals surface area (Å²) in [6.07, 6.45) is 1.02. The van der Waals surface area contributed by atoms with Gasteiger partial charge in [-0.1, -0.05) is 17.7 Å². The van der Waals surface area contributed by atoms with Gasteiger partial charge in [0, 0.05) is 26.2 Å². The molecule has 0 unspecified atom stereocenters. The maximum atomic E-state index is 5.84. The zero-order valence-corrected chi connectivity index (χ0v) is 16.7. The maximum Gasteiger partial charge on any atom is 0.188 e. The minimum atomic E-state index is 0. The summed E-state index contributed by atoms with van der Waals surface area (Å²) >= 11 is 0. The first kappa shape index (κ1) is 21.0. The number of guanidine groups is 1. The van der Waals surface area contributed by atoms with Crippen LogP contribution in [0, 0.1) is 6.92 Å². The molecule has 1 aromatic rings. The smallest absolute Gasteiger partial charge is 0.188 e. The van der Waals surface area contributed by atoms with Gasteiger partial charge in [0.1, 0.15) is 12.4 Å². The molecule has 24 heavy (non-hydrogen) atoms.